The fourth-order valence-corrected chi connectivity index (χ4v) is 2.00. The van der Waals surface area contributed by atoms with Crippen molar-refractivity contribution < 1.29 is 14.0 Å². The second-order valence-corrected chi connectivity index (χ2v) is 4.94. The van der Waals surface area contributed by atoms with Gasteiger partial charge in [-0.15, -0.1) is 0 Å². The molecule has 0 aliphatic rings. The first-order chi connectivity index (χ1) is 11.1. The first-order valence-electron chi connectivity index (χ1n) is 7.48. The molecule has 0 atom stereocenters. The molecule has 0 aliphatic heterocycles. The lowest BCUT2D eigenvalue weighted by molar-refractivity contribution is 0.0948. The largest absolute Gasteiger partial charge is 0.351 e. The van der Waals surface area contributed by atoms with E-state index < -0.39 is 11.7 Å². The molecular weight excluding hydrogens is 299 g/mol. The molecule has 1 aromatic heterocycles. The SMILES string of the molecule is CCCNC(=O)c1nn(CC)cc1NC(=O)c1ccccc1F. The minimum absolute atomic E-state index is 0.0864. The Morgan fingerprint density at radius 1 is 1.22 bits per heavy atom. The van der Waals surface area contributed by atoms with Gasteiger partial charge in [0.25, 0.3) is 11.8 Å². The molecule has 0 spiro atoms. The number of carbonyl (C=O) groups excluding carboxylic acids is 2. The van der Waals surface area contributed by atoms with E-state index in [1.165, 1.54) is 22.9 Å². The zero-order valence-corrected chi connectivity index (χ0v) is 13.1. The van der Waals surface area contributed by atoms with Gasteiger partial charge in [0.1, 0.15) is 5.82 Å². The van der Waals surface area contributed by atoms with Crippen LogP contribution in [0.25, 0.3) is 0 Å². The summed E-state index contributed by atoms with van der Waals surface area (Å²) in [6.45, 7) is 4.86. The second-order valence-electron chi connectivity index (χ2n) is 4.94. The minimum Gasteiger partial charge on any atom is -0.351 e. The summed E-state index contributed by atoms with van der Waals surface area (Å²) in [4.78, 5) is 24.3. The highest BCUT2D eigenvalue weighted by atomic mass is 19.1. The van der Waals surface area contributed by atoms with Gasteiger partial charge in [-0.05, 0) is 25.5 Å². The van der Waals surface area contributed by atoms with E-state index in [9.17, 15) is 14.0 Å². The van der Waals surface area contributed by atoms with Crippen LogP contribution in [0.1, 0.15) is 41.1 Å². The predicted octanol–water partition coefficient (Wildman–Crippen LogP) is 2.43. The number of carbonyl (C=O) groups is 2. The first kappa shape index (κ1) is 16.7. The molecule has 23 heavy (non-hydrogen) atoms. The number of nitrogens with one attached hydrogen (secondary N) is 2. The van der Waals surface area contributed by atoms with E-state index >= 15 is 0 Å². The molecule has 0 fully saturated rings. The summed E-state index contributed by atoms with van der Waals surface area (Å²) in [5.41, 5.74) is 0.287. The number of hydrogen-bond acceptors (Lipinski definition) is 3. The molecule has 0 saturated carbocycles. The Morgan fingerprint density at radius 2 is 1.96 bits per heavy atom. The van der Waals surface area contributed by atoms with Gasteiger partial charge in [0.05, 0.1) is 11.3 Å². The molecular formula is C16H19FN4O2. The Kier molecular flexibility index (Phi) is 5.46. The Bertz CT molecular complexity index is 712. The van der Waals surface area contributed by atoms with Gasteiger partial charge in [-0.25, -0.2) is 4.39 Å². The number of anilines is 1. The summed E-state index contributed by atoms with van der Waals surface area (Å²) in [6.07, 6.45) is 2.34. The molecule has 0 unspecified atom stereocenters. The van der Waals surface area contributed by atoms with Crippen molar-refractivity contribution in [1.29, 1.82) is 0 Å². The van der Waals surface area contributed by atoms with Crippen LogP contribution in [-0.4, -0.2) is 28.1 Å². The predicted molar refractivity (Wildman–Crippen MR) is 84.9 cm³/mol. The lowest BCUT2D eigenvalue weighted by Gasteiger charge is -2.06. The molecule has 2 rings (SSSR count). The molecule has 6 nitrogen and oxygen atoms in total. The maximum Gasteiger partial charge on any atom is 0.273 e. The van der Waals surface area contributed by atoms with Crippen LogP contribution in [0.4, 0.5) is 10.1 Å². The van der Waals surface area contributed by atoms with Gasteiger partial charge in [0.2, 0.25) is 0 Å². The van der Waals surface area contributed by atoms with Crippen LogP contribution in [-0.2, 0) is 6.54 Å². The van der Waals surface area contributed by atoms with Crippen molar-refractivity contribution in [3.63, 3.8) is 0 Å². The van der Waals surface area contributed by atoms with E-state index in [-0.39, 0.29) is 22.9 Å². The van der Waals surface area contributed by atoms with Gasteiger partial charge in [-0.3, -0.25) is 14.3 Å². The van der Waals surface area contributed by atoms with Crippen LogP contribution in [0.2, 0.25) is 0 Å². The number of hydrogen-bond donors (Lipinski definition) is 2. The molecule has 122 valence electrons. The van der Waals surface area contributed by atoms with Crippen molar-refractivity contribution in [1.82, 2.24) is 15.1 Å². The minimum atomic E-state index is -0.622. The van der Waals surface area contributed by atoms with Gasteiger partial charge in [0, 0.05) is 19.3 Å². The van der Waals surface area contributed by atoms with Crippen molar-refractivity contribution in [3.05, 3.63) is 47.5 Å². The van der Waals surface area contributed by atoms with Crippen LogP contribution in [0.3, 0.4) is 0 Å². The fourth-order valence-electron chi connectivity index (χ4n) is 2.00. The highest BCUT2D eigenvalue weighted by molar-refractivity contribution is 6.08. The smallest absolute Gasteiger partial charge is 0.273 e. The van der Waals surface area contributed by atoms with Gasteiger partial charge in [-0.2, -0.15) is 5.10 Å². The number of amides is 2. The summed E-state index contributed by atoms with van der Waals surface area (Å²) in [5, 5.41) is 9.41. The number of aryl methyl sites for hydroxylation is 1. The molecule has 2 amide bonds. The zero-order valence-electron chi connectivity index (χ0n) is 13.1. The number of nitrogens with zero attached hydrogens (tertiary/aromatic N) is 2. The van der Waals surface area contributed by atoms with Crippen molar-refractivity contribution in [2.45, 2.75) is 26.8 Å². The average molecular weight is 318 g/mol. The maximum atomic E-state index is 13.7. The van der Waals surface area contributed by atoms with Crippen LogP contribution >= 0.6 is 0 Å². The Balaban J connectivity index is 2.25. The van der Waals surface area contributed by atoms with Crippen molar-refractivity contribution in [2.24, 2.45) is 0 Å². The maximum absolute atomic E-state index is 13.7. The van der Waals surface area contributed by atoms with E-state index in [0.717, 1.165) is 6.42 Å². The lowest BCUT2D eigenvalue weighted by Crippen LogP contribution is -2.26. The third-order valence-corrected chi connectivity index (χ3v) is 3.20. The van der Waals surface area contributed by atoms with E-state index in [1.807, 2.05) is 13.8 Å². The second kappa shape index (κ2) is 7.53. The monoisotopic (exact) mass is 318 g/mol. The number of aromatic nitrogens is 2. The van der Waals surface area contributed by atoms with Crippen LogP contribution in [0.15, 0.2) is 30.5 Å². The Morgan fingerprint density at radius 3 is 2.61 bits per heavy atom. The van der Waals surface area contributed by atoms with Crippen molar-refractivity contribution in [3.8, 4) is 0 Å². The summed E-state index contributed by atoms with van der Waals surface area (Å²) in [7, 11) is 0. The van der Waals surface area contributed by atoms with Gasteiger partial charge >= 0.3 is 0 Å². The summed E-state index contributed by atoms with van der Waals surface area (Å²) in [5.74, 6) is -1.61. The van der Waals surface area contributed by atoms with Crippen LogP contribution in [0.5, 0.6) is 0 Å². The third-order valence-electron chi connectivity index (χ3n) is 3.20. The Labute approximate surface area is 133 Å². The average Bonchev–Trinajstić information content (AvgIpc) is 2.96. The molecule has 2 aromatic rings. The number of halogens is 1. The van der Waals surface area contributed by atoms with Crippen LogP contribution < -0.4 is 10.6 Å². The van der Waals surface area contributed by atoms with Crippen molar-refractivity contribution in [2.75, 3.05) is 11.9 Å². The topological polar surface area (TPSA) is 76.0 Å². The van der Waals surface area contributed by atoms with Crippen LogP contribution in [0, 0.1) is 5.82 Å². The molecule has 1 heterocycles. The Hall–Kier alpha value is -2.70. The summed E-state index contributed by atoms with van der Waals surface area (Å²) < 4.78 is 15.2. The molecule has 0 saturated heterocycles. The standard InChI is InChI=1S/C16H19FN4O2/c1-3-9-18-16(23)14-13(10-21(4-2)20-14)19-15(22)11-7-5-6-8-12(11)17/h5-8,10H,3-4,9H2,1-2H3,(H,18,23)(H,19,22). The van der Waals surface area contributed by atoms with E-state index in [4.69, 9.17) is 0 Å². The summed E-state index contributed by atoms with van der Waals surface area (Å²) >= 11 is 0. The normalized spacial score (nSPS) is 10.4. The quantitative estimate of drug-likeness (QED) is 0.859. The highest BCUT2D eigenvalue weighted by Gasteiger charge is 2.19. The van der Waals surface area contributed by atoms with E-state index in [2.05, 4.69) is 15.7 Å². The molecule has 7 heteroatoms. The molecule has 0 radical (unpaired) electrons. The van der Waals surface area contributed by atoms with Gasteiger partial charge < -0.3 is 10.6 Å². The van der Waals surface area contributed by atoms with E-state index in [0.29, 0.717) is 13.1 Å². The van der Waals surface area contributed by atoms with Gasteiger partial charge in [0.15, 0.2) is 5.69 Å². The zero-order chi connectivity index (χ0) is 16.8. The fraction of sp³-hybridized carbons (Fsp3) is 0.312. The molecule has 2 N–H and O–H groups in total. The summed E-state index contributed by atoms with van der Waals surface area (Å²) in [6, 6.07) is 5.66. The van der Waals surface area contributed by atoms with Gasteiger partial charge in [-0.1, -0.05) is 19.1 Å². The molecule has 1 aromatic carbocycles. The number of rotatable bonds is 6. The third kappa shape index (κ3) is 3.94. The first-order valence-corrected chi connectivity index (χ1v) is 7.48. The number of benzene rings is 1. The highest BCUT2D eigenvalue weighted by Crippen LogP contribution is 2.16. The molecule has 0 bridgehead atoms. The van der Waals surface area contributed by atoms with E-state index in [1.54, 1.807) is 12.3 Å². The molecule has 0 aliphatic carbocycles. The van der Waals surface area contributed by atoms with Crippen molar-refractivity contribution >= 4 is 17.5 Å². The lowest BCUT2D eigenvalue weighted by atomic mass is 10.2.